The van der Waals surface area contributed by atoms with Crippen LogP contribution in [0.5, 0.6) is 0 Å². The maximum absolute atomic E-state index is 12.3. The van der Waals surface area contributed by atoms with Crippen LogP contribution in [0.2, 0.25) is 0 Å². The first kappa shape index (κ1) is 15.7. The minimum absolute atomic E-state index is 0.337. The van der Waals surface area contributed by atoms with E-state index in [-0.39, 0.29) is 0 Å². The Morgan fingerprint density at radius 2 is 2.05 bits per heavy atom. The highest BCUT2D eigenvalue weighted by Crippen LogP contribution is 2.22. The SMILES string of the molecule is CCCNCc1sccc1S(=O)(=O)NCc1ccsc1. The molecule has 2 aromatic rings. The predicted octanol–water partition coefficient (Wildman–Crippen LogP) is 2.79. The zero-order chi connectivity index (χ0) is 14.4. The lowest BCUT2D eigenvalue weighted by Gasteiger charge is -2.07. The molecule has 110 valence electrons. The average molecular weight is 331 g/mol. The number of nitrogens with one attached hydrogen (secondary N) is 2. The van der Waals surface area contributed by atoms with Gasteiger partial charge in [-0.1, -0.05) is 6.92 Å². The number of sulfonamides is 1. The van der Waals surface area contributed by atoms with Gasteiger partial charge in [-0.15, -0.1) is 11.3 Å². The first-order valence-corrected chi connectivity index (χ1v) is 9.72. The van der Waals surface area contributed by atoms with E-state index in [1.807, 2.05) is 22.2 Å². The molecule has 2 rings (SSSR count). The fourth-order valence-corrected chi connectivity index (χ4v) is 4.82. The minimum Gasteiger partial charge on any atom is -0.312 e. The number of hydrogen-bond acceptors (Lipinski definition) is 5. The molecule has 0 atom stereocenters. The Morgan fingerprint density at radius 3 is 2.75 bits per heavy atom. The van der Waals surface area contributed by atoms with Crippen LogP contribution < -0.4 is 10.0 Å². The molecular weight excluding hydrogens is 312 g/mol. The van der Waals surface area contributed by atoms with Gasteiger partial charge in [0.25, 0.3) is 0 Å². The molecule has 0 spiro atoms. The van der Waals surface area contributed by atoms with Crippen LogP contribution in [-0.4, -0.2) is 15.0 Å². The Morgan fingerprint density at radius 1 is 1.20 bits per heavy atom. The lowest BCUT2D eigenvalue weighted by Crippen LogP contribution is -2.24. The van der Waals surface area contributed by atoms with E-state index in [1.165, 1.54) is 11.3 Å². The molecule has 0 aliphatic carbocycles. The molecule has 20 heavy (non-hydrogen) atoms. The molecule has 4 nitrogen and oxygen atoms in total. The van der Waals surface area contributed by atoms with Gasteiger partial charge in [0.05, 0.1) is 4.90 Å². The minimum atomic E-state index is -3.44. The van der Waals surface area contributed by atoms with Crippen molar-refractivity contribution in [3.8, 4) is 0 Å². The molecule has 0 saturated carbocycles. The van der Waals surface area contributed by atoms with Crippen molar-refractivity contribution in [1.82, 2.24) is 10.0 Å². The second-order valence-corrected chi connectivity index (χ2v) is 7.86. The van der Waals surface area contributed by atoms with E-state index in [0.717, 1.165) is 23.4 Å². The van der Waals surface area contributed by atoms with Crippen LogP contribution in [0.1, 0.15) is 23.8 Å². The third-order valence-electron chi connectivity index (χ3n) is 2.75. The van der Waals surface area contributed by atoms with Crippen LogP contribution in [0.25, 0.3) is 0 Å². The van der Waals surface area contributed by atoms with Gasteiger partial charge in [0.2, 0.25) is 10.0 Å². The fourth-order valence-electron chi connectivity index (χ4n) is 1.73. The van der Waals surface area contributed by atoms with Gasteiger partial charge < -0.3 is 5.32 Å². The Balaban J connectivity index is 2.03. The van der Waals surface area contributed by atoms with Gasteiger partial charge in [0, 0.05) is 18.0 Å². The third kappa shape index (κ3) is 4.13. The maximum atomic E-state index is 12.3. The van der Waals surface area contributed by atoms with Gasteiger partial charge in [-0.2, -0.15) is 11.3 Å². The summed E-state index contributed by atoms with van der Waals surface area (Å²) in [6.45, 7) is 3.91. The highest BCUT2D eigenvalue weighted by atomic mass is 32.2. The summed E-state index contributed by atoms with van der Waals surface area (Å²) in [6, 6.07) is 3.59. The van der Waals surface area contributed by atoms with Crippen LogP contribution in [-0.2, 0) is 23.1 Å². The summed E-state index contributed by atoms with van der Waals surface area (Å²) in [5.74, 6) is 0. The molecule has 0 radical (unpaired) electrons. The predicted molar refractivity (Wildman–Crippen MR) is 84.7 cm³/mol. The highest BCUT2D eigenvalue weighted by molar-refractivity contribution is 7.89. The molecule has 7 heteroatoms. The van der Waals surface area contributed by atoms with Crippen molar-refractivity contribution in [3.63, 3.8) is 0 Å². The Kier molecular flexibility index (Phi) is 5.74. The number of rotatable bonds is 8. The molecule has 0 saturated heterocycles. The van der Waals surface area contributed by atoms with E-state index in [1.54, 1.807) is 17.4 Å². The van der Waals surface area contributed by atoms with Crippen molar-refractivity contribution in [2.45, 2.75) is 31.3 Å². The van der Waals surface area contributed by atoms with Crippen LogP contribution >= 0.6 is 22.7 Å². The number of thiophene rings is 2. The van der Waals surface area contributed by atoms with Gasteiger partial charge in [-0.05, 0) is 46.8 Å². The summed E-state index contributed by atoms with van der Waals surface area (Å²) < 4.78 is 27.3. The van der Waals surface area contributed by atoms with Gasteiger partial charge >= 0.3 is 0 Å². The molecule has 0 aliphatic rings. The Labute approximate surface area is 127 Å². The summed E-state index contributed by atoms with van der Waals surface area (Å²) in [7, 11) is -3.44. The lowest BCUT2D eigenvalue weighted by molar-refractivity contribution is 0.579. The van der Waals surface area contributed by atoms with Gasteiger partial charge in [0.1, 0.15) is 0 Å². The highest BCUT2D eigenvalue weighted by Gasteiger charge is 2.19. The summed E-state index contributed by atoms with van der Waals surface area (Å²) in [5, 5.41) is 8.94. The van der Waals surface area contributed by atoms with Crippen molar-refractivity contribution in [2.75, 3.05) is 6.54 Å². The second kappa shape index (κ2) is 7.33. The van der Waals surface area contributed by atoms with Gasteiger partial charge in [-0.3, -0.25) is 0 Å². The van der Waals surface area contributed by atoms with Crippen molar-refractivity contribution in [2.24, 2.45) is 0 Å². The first-order chi connectivity index (χ1) is 9.63. The van der Waals surface area contributed by atoms with Crippen molar-refractivity contribution >= 4 is 32.7 Å². The monoisotopic (exact) mass is 330 g/mol. The summed E-state index contributed by atoms with van der Waals surface area (Å²) >= 11 is 3.03. The summed E-state index contributed by atoms with van der Waals surface area (Å²) in [6.07, 6.45) is 1.03. The van der Waals surface area contributed by atoms with E-state index in [9.17, 15) is 8.42 Å². The molecule has 0 aliphatic heterocycles. The number of hydrogen-bond donors (Lipinski definition) is 2. The van der Waals surface area contributed by atoms with Gasteiger partial charge in [0.15, 0.2) is 0 Å². The molecular formula is C13H18N2O2S3. The van der Waals surface area contributed by atoms with E-state index < -0.39 is 10.0 Å². The Bertz CT molecular complexity index is 618. The normalized spacial score (nSPS) is 11.8. The molecule has 2 aromatic heterocycles. The summed E-state index contributed by atoms with van der Waals surface area (Å²) in [4.78, 5) is 1.25. The molecule has 0 bridgehead atoms. The van der Waals surface area contributed by atoms with Crippen LogP contribution in [0, 0.1) is 0 Å². The maximum Gasteiger partial charge on any atom is 0.242 e. The third-order valence-corrected chi connectivity index (χ3v) is 6.02. The quantitative estimate of drug-likeness (QED) is 0.732. The molecule has 0 fully saturated rings. The summed E-state index contributed by atoms with van der Waals surface area (Å²) in [5.41, 5.74) is 0.986. The molecule has 0 amide bonds. The zero-order valence-electron chi connectivity index (χ0n) is 11.3. The topological polar surface area (TPSA) is 58.2 Å². The van der Waals surface area contributed by atoms with Crippen LogP contribution in [0.3, 0.4) is 0 Å². The van der Waals surface area contributed by atoms with Gasteiger partial charge in [-0.25, -0.2) is 13.1 Å². The van der Waals surface area contributed by atoms with E-state index in [2.05, 4.69) is 17.0 Å². The first-order valence-electron chi connectivity index (χ1n) is 6.41. The standard InChI is InChI=1S/C13H18N2O2S3/c1-2-5-14-9-12-13(4-7-19-12)20(16,17)15-8-11-3-6-18-10-11/h3-4,6-7,10,14-15H,2,5,8-9H2,1H3. The Hall–Kier alpha value is -0.730. The second-order valence-electron chi connectivity index (χ2n) is 4.34. The average Bonchev–Trinajstić information content (AvgIpc) is 3.08. The molecule has 2 heterocycles. The van der Waals surface area contributed by atoms with Crippen LogP contribution in [0.4, 0.5) is 0 Å². The van der Waals surface area contributed by atoms with Crippen LogP contribution in [0.15, 0.2) is 33.2 Å². The largest absolute Gasteiger partial charge is 0.312 e. The lowest BCUT2D eigenvalue weighted by atomic mass is 10.4. The zero-order valence-corrected chi connectivity index (χ0v) is 13.7. The van der Waals surface area contributed by atoms with E-state index in [4.69, 9.17) is 0 Å². The fraction of sp³-hybridized carbons (Fsp3) is 0.385. The molecule has 0 aromatic carbocycles. The van der Waals surface area contributed by atoms with E-state index in [0.29, 0.717) is 18.0 Å². The van der Waals surface area contributed by atoms with Crippen molar-refractivity contribution in [3.05, 3.63) is 38.7 Å². The van der Waals surface area contributed by atoms with Crippen molar-refractivity contribution < 1.29 is 8.42 Å². The molecule has 2 N–H and O–H groups in total. The van der Waals surface area contributed by atoms with Crippen molar-refractivity contribution in [1.29, 1.82) is 0 Å². The smallest absolute Gasteiger partial charge is 0.242 e. The molecule has 0 unspecified atom stereocenters. The van der Waals surface area contributed by atoms with E-state index >= 15 is 0 Å².